The van der Waals surface area contributed by atoms with Crippen molar-refractivity contribution in [1.82, 2.24) is 15.1 Å². The van der Waals surface area contributed by atoms with E-state index in [1.807, 2.05) is 48.5 Å². The Labute approximate surface area is 157 Å². The number of aromatic nitrogens is 2. The molecule has 1 unspecified atom stereocenters. The molecule has 1 atom stereocenters. The van der Waals surface area contributed by atoms with Gasteiger partial charge in [0.15, 0.2) is 0 Å². The minimum atomic E-state index is -3.63. The standard InChI is InChI=1S/C19H22N3O4P/c1-3-25-27(24,26-4-2)22-17(14-10-6-5-7-11-14)18-19(23)21-16-13-9-8-12-15(16)20-18/h5-13,17H,3-4H2,1-2H3,(H,21,23)(H,22,24). The van der Waals surface area contributed by atoms with E-state index < -0.39 is 13.8 Å². The number of nitrogens with zero attached hydrogens (tertiary/aromatic N) is 1. The van der Waals surface area contributed by atoms with Crippen molar-refractivity contribution in [2.45, 2.75) is 19.9 Å². The number of hydrogen-bond donors (Lipinski definition) is 2. The molecule has 27 heavy (non-hydrogen) atoms. The van der Waals surface area contributed by atoms with Gasteiger partial charge < -0.3 is 4.98 Å². The average Bonchev–Trinajstić information content (AvgIpc) is 2.67. The molecule has 0 aliphatic heterocycles. The molecule has 0 bridgehead atoms. The highest BCUT2D eigenvalue weighted by atomic mass is 31.2. The van der Waals surface area contributed by atoms with E-state index in [0.29, 0.717) is 11.0 Å². The zero-order valence-corrected chi connectivity index (χ0v) is 16.1. The van der Waals surface area contributed by atoms with Crippen molar-refractivity contribution in [2.24, 2.45) is 0 Å². The lowest BCUT2D eigenvalue weighted by Gasteiger charge is -2.24. The number of para-hydroxylation sites is 2. The molecule has 0 amide bonds. The number of nitrogens with one attached hydrogen (secondary N) is 2. The van der Waals surface area contributed by atoms with E-state index in [9.17, 15) is 9.36 Å². The van der Waals surface area contributed by atoms with Crippen LogP contribution in [0, 0.1) is 0 Å². The zero-order chi connectivity index (χ0) is 19.3. The maximum Gasteiger partial charge on any atom is 0.406 e. The van der Waals surface area contributed by atoms with Gasteiger partial charge in [-0.3, -0.25) is 13.8 Å². The smallest absolute Gasteiger partial charge is 0.319 e. The predicted octanol–water partition coefficient (Wildman–Crippen LogP) is 3.78. The average molecular weight is 387 g/mol. The monoisotopic (exact) mass is 387 g/mol. The summed E-state index contributed by atoms with van der Waals surface area (Å²) in [6.45, 7) is 3.86. The van der Waals surface area contributed by atoms with Crippen LogP contribution in [0.5, 0.6) is 0 Å². The van der Waals surface area contributed by atoms with E-state index in [2.05, 4.69) is 15.1 Å². The summed E-state index contributed by atoms with van der Waals surface area (Å²) >= 11 is 0. The second-order valence-electron chi connectivity index (χ2n) is 5.77. The number of aromatic amines is 1. The van der Waals surface area contributed by atoms with Crippen LogP contribution < -0.4 is 10.6 Å². The Morgan fingerprint density at radius 2 is 1.67 bits per heavy atom. The van der Waals surface area contributed by atoms with Crippen LogP contribution in [0.4, 0.5) is 0 Å². The maximum absolute atomic E-state index is 13.0. The summed E-state index contributed by atoms with van der Waals surface area (Å²) in [5.74, 6) is 0. The van der Waals surface area contributed by atoms with Gasteiger partial charge in [-0.25, -0.2) is 14.6 Å². The van der Waals surface area contributed by atoms with E-state index in [0.717, 1.165) is 5.56 Å². The topological polar surface area (TPSA) is 93.3 Å². The molecule has 2 aromatic carbocycles. The molecule has 0 aliphatic rings. The van der Waals surface area contributed by atoms with Crippen molar-refractivity contribution < 1.29 is 13.6 Å². The lowest BCUT2D eigenvalue weighted by molar-refractivity contribution is 0.208. The fourth-order valence-electron chi connectivity index (χ4n) is 2.79. The van der Waals surface area contributed by atoms with Gasteiger partial charge in [0.2, 0.25) is 0 Å². The van der Waals surface area contributed by atoms with Gasteiger partial charge in [-0.1, -0.05) is 42.5 Å². The quantitative estimate of drug-likeness (QED) is 0.572. The van der Waals surface area contributed by atoms with Crippen LogP contribution in [0.1, 0.15) is 31.1 Å². The van der Waals surface area contributed by atoms with E-state index >= 15 is 0 Å². The van der Waals surface area contributed by atoms with Crippen molar-refractivity contribution in [1.29, 1.82) is 0 Å². The Hall–Kier alpha value is -2.31. The largest absolute Gasteiger partial charge is 0.406 e. The molecule has 0 radical (unpaired) electrons. The van der Waals surface area contributed by atoms with Crippen LogP contribution in [-0.4, -0.2) is 23.2 Å². The van der Waals surface area contributed by atoms with Crippen LogP contribution in [0.2, 0.25) is 0 Å². The Kier molecular flexibility index (Phi) is 6.19. The molecule has 1 heterocycles. The van der Waals surface area contributed by atoms with Crippen molar-refractivity contribution in [3.05, 3.63) is 76.2 Å². The molecule has 8 heteroatoms. The van der Waals surface area contributed by atoms with Gasteiger partial charge in [0.1, 0.15) is 5.69 Å². The third-order valence-electron chi connectivity index (χ3n) is 3.92. The highest BCUT2D eigenvalue weighted by molar-refractivity contribution is 7.51. The van der Waals surface area contributed by atoms with Crippen molar-refractivity contribution >= 4 is 18.8 Å². The summed E-state index contributed by atoms with van der Waals surface area (Å²) in [5, 5.41) is 2.90. The normalized spacial score (nSPS) is 13.0. The van der Waals surface area contributed by atoms with Gasteiger partial charge in [0.25, 0.3) is 5.56 Å². The van der Waals surface area contributed by atoms with Gasteiger partial charge in [0, 0.05) is 0 Å². The first-order chi connectivity index (χ1) is 13.1. The summed E-state index contributed by atoms with van der Waals surface area (Å²) in [6, 6.07) is 15.7. The van der Waals surface area contributed by atoms with Gasteiger partial charge in [0.05, 0.1) is 30.3 Å². The minimum Gasteiger partial charge on any atom is -0.319 e. The third-order valence-corrected chi connectivity index (χ3v) is 5.69. The fourth-order valence-corrected chi connectivity index (χ4v) is 4.28. The van der Waals surface area contributed by atoms with E-state index in [4.69, 9.17) is 9.05 Å². The highest BCUT2D eigenvalue weighted by Crippen LogP contribution is 2.46. The molecule has 3 aromatic rings. The second kappa shape index (κ2) is 8.59. The molecule has 142 valence electrons. The number of benzene rings is 2. The van der Waals surface area contributed by atoms with Crippen LogP contribution in [-0.2, 0) is 13.6 Å². The Bertz CT molecular complexity index is 997. The van der Waals surface area contributed by atoms with Crippen LogP contribution in [0.25, 0.3) is 11.0 Å². The number of hydrogen-bond acceptors (Lipinski definition) is 5. The molecule has 3 rings (SSSR count). The van der Waals surface area contributed by atoms with Crippen molar-refractivity contribution in [3.8, 4) is 0 Å². The summed E-state index contributed by atoms with van der Waals surface area (Å²) in [4.78, 5) is 20.1. The van der Waals surface area contributed by atoms with Crippen LogP contribution in [0.15, 0.2) is 59.4 Å². The molecular weight excluding hydrogens is 365 g/mol. The molecular formula is C19H22N3O4P. The fraction of sp³-hybridized carbons (Fsp3) is 0.263. The van der Waals surface area contributed by atoms with Crippen molar-refractivity contribution in [2.75, 3.05) is 13.2 Å². The molecule has 2 N–H and O–H groups in total. The van der Waals surface area contributed by atoms with Crippen molar-refractivity contribution in [3.63, 3.8) is 0 Å². The third kappa shape index (κ3) is 4.51. The molecule has 7 nitrogen and oxygen atoms in total. The summed E-state index contributed by atoms with van der Waals surface area (Å²) < 4.78 is 23.8. The number of rotatable bonds is 8. The first kappa shape index (κ1) is 19.5. The molecule has 0 saturated carbocycles. The molecule has 0 aliphatic carbocycles. The minimum absolute atomic E-state index is 0.194. The molecule has 0 fully saturated rings. The van der Waals surface area contributed by atoms with Crippen LogP contribution in [0.3, 0.4) is 0 Å². The number of H-pyrrole nitrogens is 1. The lowest BCUT2D eigenvalue weighted by atomic mass is 10.0. The lowest BCUT2D eigenvalue weighted by Crippen LogP contribution is -2.29. The Balaban J connectivity index is 2.12. The highest BCUT2D eigenvalue weighted by Gasteiger charge is 2.31. The zero-order valence-electron chi connectivity index (χ0n) is 15.2. The van der Waals surface area contributed by atoms with Gasteiger partial charge in [-0.05, 0) is 31.5 Å². The predicted molar refractivity (Wildman–Crippen MR) is 105 cm³/mol. The first-order valence-corrected chi connectivity index (χ1v) is 10.3. The number of fused-ring (bicyclic) bond motifs is 1. The van der Waals surface area contributed by atoms with Gasteiger partial charge >= 0.3 is 7.75 Å². The summed E-state index contributed by atoms with van der Waals surface area (Å²) in [7, 11) is -3.63. The van der Waals surface area contributed by atoms with Crippen LogP contribution >= 0.6 is 7.75 Å². The molecule has 0 saturated heterocycles. The maximum atomic E-state index is 13.0. The SMILES string of the molecule is CCOP(=O)(NC(c1ccccc1)c1nc2ccccc2[nH]c1=O)OCC. The molecule has 0 spiro atoms. The van der Waals surface area contributed by atoms with Gasteiger partial charge in [-0.2, -0.15) is 0 Å². The van der Waals surface area contributed by atoms with E-state index in [1.54, 1.807) is 19.9 Å². The Morgan fingerprint density at radius 1 is 1.04 bits per heavy atom. The second-order valence-corrected chi connectivity index (χ2v) is 7.54. The molecule has 1 aromatic heterocycles. The van der Waals surface area contributed by atoms with Gasteiger partial charge in [-0.15, -0.1) is 0 Å². The Morgan fingerprint density at radius 3 is 2.33 bits per heavy atom. The summed E-state index contributed by atoms with van der Waals surface area (Å²) in [5.41, 5.74) is 1.83. The van der Waals surface area contributed by atoms with E-state index in [1.165, 1.54) is 0 Å². The first-order valence-electron chi connectivity index (χ1n) is 8.77. The summed E-state index contributed by atoms with van der Waals surface area (Å²) in [6.07, 6.45) is 0. The van der Waals surface area contributed by atoms with E-state index in [-0.39, 0.29) is 24.5 Å².